The largest absolute Gasteiger partial charge is 0.353 e. The Labute approximate surface area is 108 Å². The third kappa shape index (κ3) is 1.99. The Balaban J connectivity index is 1.52. The molecule has 17 heavy (non-hydrogen) atoms. The van der Waals surface area contributed by atoms with Crippen molar-refractivity contribution in [2.45, 2.75) is 50.9 Å². The second-order valence-electron chi connectivity index (χ2n) is 6.44. The predicted octanol–water partition coefficient (Wildman–Crippen LogP) is 2.80. The number of nitrogens with one attached hydrogen (secondary N) is 1. The Bertz CT molecular complexity index is 314. The van der Waals surface area contributed by atoms with Gasteiger partial charge in [0.05, 0.1) is 0 Å². The van der Waals surface area contributed by atoms with Crippen LogP contribution in [0.25, 0.3) is 0 Å². The number of halogens is 1. The van der Waals surface area contributed by atoms with Crippen LogP contribution in [-0.4, -0.2) is 17.3 Å². The Morgan fingerprint density at radius 3 is 2.41 bits per heavy atom. The van der Waals surface area contributed by atoms with E-state index < -0.39 is 0 Å². The summed E-state index contributed by atoms with van der Waals surface area (Å²) in [5.74, 6) is 3.91. The molecule has 3 aliphatic rings. The molecule has 3 saturated carbocycles. The fourth-order valence-electron chi connectivity index (χ4n) is 4.56. The number of carbonyl (C=O) groups excluding carboxylic acids is 1. The number of fused-ring (bicyclic) bond motifs is 5. The second-order valence-corrected chi connectivity index (χ2v) is 7.18. The van der Waals surface area contributed by atoms with Crippen LogP contribution in [0.3, 0.4) is 0 Å². The van der Waals surface area contributed by atoms with Gasteiger partial charge in [0, 0.05) is 17.3 Å². The van der Waals surface area contributed by atoms with E-state index >= 15 is 0 Å². The standard InChI is InChI=1S/C14H22ClNO/c1-7(15)5-8(2)16-14(17)13-11-9-3-4-10(6-9)12(11)13/h7-13H,3-6H2,1-2H3,(H,16,17). The van der Waals surface area contributed by atoms with E-state index in [1.54, 1.807) is 0 Å². The molecule has 0 aromatic carbocycles. The van der Waals surface area contributed by atoms with E-state index in [2.05, 4.69) is 12.2 Å². The molecule has 3 heteroatoms. The molecule has 0 spiro atoms. The van der Waals surface area contributed by atoms with Crippen LogP contribution in [0.15, 0.2) is 0 Å². The molecule has 6 atom stereocenters. The molecule has 1 N–H and O–H groups in total. The number of hydrogen-bond donors (Lipinski definition) is 1. The van der Waals surface area contributed by atoms with Crippen LogP contribution in [0.4, 0.5) is 0 Å². The van der Waals surface area contributed by atoms with E-state index in [9.17, 15) is 4.79 Å². The Morgan fingerprint density at radius 1 is 1.29 bits per heavy atom. The van der Waals surface area contributed by atoms with Crippen molar-refractivity contribution in [3.63, 3.8) is 0 Å². The van der Waals surface area contributed by atoms with Crippen LogP contribution in [0, 0.1) is 29.6 Å². The highest BCUT2D eigenvalue weighted by Gasteiger charge is 2.67. The highest BCUT2D eigenvalue weighted by atomic mass is 35.5. The first kappa shape index (κ1) is 11.8. The summed E-state index contributed by atoms with van der Waals surface area (Å²) in [5.41, 5.74) is 0. The quantitative estimate of drug-likeness (QED) is 0.769. The van der Waals surface area contributed by atoms with Crippen molar-refractivity contribution in [1.29, 1.82) is 0 Å². The van der Waals surface area contributed by atoms with Crippen molar-refractivity contribution in [1.82, 2.24) is 5.32 Å². The van der Waals surface area contributed by atoms with Crippen LogP contribution in [0.1, 0.15) is 39.5 Å². The van der Waals surface area contributed by atoms with Gasteiger partial charge in [0.1, 0.15) is 0 Å². The lowest BCUT2D eigenvalue weighted by Gasteiger charge is -2.16. The Morgan fingerprint density at radius 2 is 1.88 bits per heavy atom. The molecular weight excluding hydrogens is 234 g/mol. The lowest BCUT2D eigenvalue weighted by molar-refractivity contribution is -0.123. The maximum absolute atomic E-state index is 12.2. The van der Waals surface area contributed by atoms with Gasteiger partial charge in [-0.2, -0.15) is 0 Å². The summed E-state index contributed by atoms with van der Waals surface area (Å²) >= 11 is 5.95. The van der Waals surface area contributed by atoms with Crippen LogP contribution in [0.2, 0.25) is 0 Å². The molecule has 0 aromatic rings. The van der Waals surface area contributed by atoms with Gasteiger partial charge in [-0.15, -0.1) is 11.6 Å². The number of alkyl halides is 1. The van der Waals surface area contributed by atoms with E-state index in [0.717, 1.165) is 30.1 Å². The molecule has 96 valence electrons. The molecule has 3 fully saturated rings. The smallest absolute Gasteiger partial charge is 0.223 e. The minimum absolute atomic E-state index is 0.139. The van der Waals surface area contributed by atoms with Crippen LogP contribution in [0.5, 0.6) is 0 Å². The van der Waals surface area contributed by atoms with E-state index in [-0.39, 0.29) is 11.4 Å². The average Bonchev–Trinajstić information content (AvgIpc) is 2.67. The van der Waals surface area contributed by atoms with Gasteiger partial charge in [0.2, 0.25) is 5.91 Å². The van der Waals surface area contributed by atoms with Crippen molar-refractivity contribution in [2.75, 3.05) is 0 Å². The maximum atomic E-state index is 12.2. The summed E-state index contributed by atoms with van der Waals surface area (Å²) in [7, 11) is 0. The summed E-state index contributed by atoms with van der Waals surface area (Å²) in [6.45, 7) is 4.04. The molecule has 3 aliphatic carbocycles. The first-order valence-corrected chi connectivity index (χ1v) is 7.46. The van der Waals surface area contributed by atoms with E-state index in [1.165, 1.54) is 19.3 Å². The van der Waals surface area contributed by atoms with Gasteiger partial charge >= 0.3 is 0 Å². The van der Waals surface area contributed by atoms with Gasteiger partial charge in [-0.3, -0.25) is 4.79 Å². The third-order valence-electron chi connectivity index (χ3n) is 5.11. The first-order valence-electron chi connectivity index (χ1n) is 7.02. The summed E-state index contributed by atoms with van der Waals surface area (Å²) < 4.78 is 0. The lowest BCUT2D eigenvalue weighted by atomic mass is 10.0. The molecule has 0 saturated heterocycles. The Hall–Kier alpha value is -0.240. The summed E-state index contributed by atoms with van der Waals surface area (Å²) in [6.07, 6.45) is 5.03. The molecule has 0 aliphatic heterocycles. The van der Waals surface area contributed by atoms with Crippen LogP contribution < -0.4 is 5.32 Å². The number of rotatable bonds is 4. The van der Waals surface area contributed by atoms with Gasteiger partial charge < -0.3 is 5.32 Å². The molecule has 6 unspecified atom stereocenters. The van der Waals surface area contributed by atoms with Gasteiger partial charge in [-0.25, -0.2) is 0 Å². The van der Waals surface area contributed by atoms with Gasteiger partial charge in [0.15, 0.2) is 0 Å². The normalized spacial score (nSPS) is 45.2. The fourth-order valence-corrected chi connectivity index (χ4v) is 4.83. The van der Waals surface area contributed by atoms with Crippen molar-refractivity contribution in [2.24, 2.45) is 29.6 Å². The monoisotopic (exact) mass is 255 g/mol. The Kier molecular flexibility index (Phi) is 2.89. The highest BCUT2D eigenvalue weighted by molar-refractivity contribution is 6.20. The van der Waals surface area contributed by atoms with Crippen LogP contribution >= 0.6 is 11.6 Å². The topological polar surface area (TPSA) is 29.1 Å². The highest BCUT2D eigenvalue weighted by Crippen LogP contribution is 2.69. The van der Waals surface area contributed by atoms with Crippen molar-refractivity contribution < 1.29 is 4.79 Å². The zero-order valence-corrected chi connectivity index (χ0v) is 11.4. The fraction of sp³-hybridized carbons (Fsp3) is 0.929. The summed E-state index contributed by atoms with van der Waals surface area (Å²) in [6, 6.07) is 0.217. The first-order chi connectivity index (χ1) is 8.08. The average molecular weight is 256 g/mol. The zero-order valence-electron chi connectivity index (χ0n) is 10.7. The van der Waals surface area contributed by atoms with Crippen molar-refractivity contribution in [3.8, 4) is 0 Å². The number of amides is 1. The molecule has 1 amide bonds. The lowest BCUT2D eigenvalue weighted by Crippen LogP contribution is -2.36. The molecular formula is C14H22ClNO. The van der Waals surface area contributed by atoms with E-state index in [0.29, 0.717) is 11.8 Å². The summed E-state index contributed by atoms with van der Waals surface area (Å²) in [4.78, 5) is 12.2. The molecule has 0 radical (unpaired) electrons. The van der Waals surface area contributed by atoms with E-state index in [1.807, 2.05) is 6.92 Å². The third-order valence-corrected chi connectivity index (χ3v) is 5.28. The van der Waals surface area contributed by atoms with E-state index in [4.69, 9.17) is 11.6 Å². The minimum Gasteiger partial charge on any atom is -0.353 e. The molecule has 2 nitrogen and oxygen atoms in total. The van der Waals surface area contributed by atoms with Gasteiger partial charge in [-0.1, -0.05) is 0 Å². The van der Waals surface area contributed by atoms with Gasteiger partial charge in [-0.05, 0) is 63.2 Å². The molecule has 2 bridgehead atoms. The van der Waals surface area contributed by atoms with Crippen LogP contribution in [-0.2, 0) is 4.79 Å². The predicted molar refractivity (Wildman–Crippen MR) is 68.8 cm³/mol. The minimum atomic E-state index is 0.139. The zero-order chi connectivity index (χ0) is 12.2. The number of hydrogen-bond acceptors (Lipinski definition) is 1. The summed E-state index contributed by atoms with van der Waals surface area (Å²) in [5, 5.41) is 3.29. The second kappa shape index (κ2) is 4.15. The molecule has 0 heterocycles. The van der Waals surface area contributed by atoms with Gasteiger partial charge in [0.25, 0.3) is 0 Å². The maximum Gasteiger partial charge on any atom is 0.223 e. The molecule has 3 rings (SSSR count). The number of carbonyl (C=O) groups is 1. The van der Waals surface area contributed by atoms with Crippen molar-refractivity contribution in [3.05, 3.63) is 0 Å². The molecule has 0 aromatic heterocycles. The SMILES string of the molecule is CC(Cl)CC(C)NC(=O)C1C2C3CCC(C3)C12. The van der Waals surface area contributed by atoms with Crippen molar-refractivity contribution >= 4 is 17.5 Å².